The Morgan fingerprint density at radius 3 is 2.28 bits per heavy atom. The monoisotopic (exact) mass is 435 g/mol. The van der Waals surface area contributed by atoms with Crippen molar-refractivity contribution in [3.05, 3.63) is 71.3 Å². The first-order valence-corrected chi connectivity index (χ1v) is 11.7. The van der Waals surface area contributed by atoms with E-state index >= 15 is 0 Å². The van der Waals surface area contributed by atoms with Gasteiger partial charge in [0.2, 0.25) is 11.8 Å². The SMILES string of the molecule is O=C(NCc1ccc(CN2CCC(O)CC2)cc1)C1CCCN1C(=O)Cc1ccccc1. The van der Waals surface area contributed by atoms with E-state index in [1.165, 1.54) is 5.56 Å². The second kappa shape index (κ2) is 10.7. The van der Waals surface area contributed by atoms with Crippen LogP contribution in [0.25, 0.3) is 0 Å². The first-order valence-electron chi connectivity index (χ1n) is 11.7. The van der Waals surface area contributed by atoms with Crippen LogP contribution in [0.4, 0.5) is 0 Å². The number of rotatable bonds is 7. The van der Waals surface area contributed by atoms with Gasteiger partial charge in [-0.05, 0) is 42.4 Å². The second-order valence-corrected chi connectivity index (χ2v) is 8.95. The van der Waals surface area contributed by atoms with Gasteiger partial charge in [0.25, 0.3) is 0 Å². The lowest BCUT2D eigenvalue weighted by Crippen LogP contribution is -2.46. The number of amides is 2. The van der Waals surface area contributed by atoms with E-state index in [-0.39, 0.29) is 24.0 Å². The topological polar surface area (TPSA) is 72.9 Å². The number of nitrogens with one attached hydrogen (secondary N) is 1. The molecule has 0 bridgehead atoms. The third kappa shape index (κ3) is 5.96. The van der Waals surface area contributed by atoms with Gasteiger partial charge in [-0.25, -0.2) is 0 Å². The van der Waals surface area contributed by atoms with Gasteiger partial charge in [0.1, 0.15) is 6.04 Å². The van der Waals surface area contributed by atoms with Crippen molar-refractivity contribution in [3.63, 3.8) is 0 Å². The Bertz CT molecular complexity index is 892. The summed E-state index contributed by atoms with van der Waals surface area (Å²) in [5.74, 6) is -0.0525. The molecule has 1 atom stereocenters. The molecule has 6 nitrogen and oxygen atoms in total. The third-order valence-corrected chi connectivity index (χ3v) is 6.53. The fraction of sp³-hybridized carbons (Fsp3) is 0.462. The first-order chi connectivity index (χ1) is 15.6. The van der Waals surface area contributed by atoms with Crippen LogP contribution in [0.1, 0.15) is 42.4 Å². The Hall–Kier alpha value is -2.70. The Morgan fingerprint density at radius 2 is 1.56 bits per heavy atom. The van der Waals surface area contributed by atoms with Gasteiger partial charge in [-0.15, -0.1) is 0 Å². The number of hydrogen-bond acceptors (Lipinski definition) is 4. The summed E-state index contributed by atoms with van der Waals surface area (Å²) in [7, 11) is 0. The highest BCUT2D eigenvalue weighted by molar-refractivity contribution is 5.89. The molecule has 2 aliphatic rings. The fourth-order valence-electron chi connectivity index (χ4n) is 4.61. The average molecular weight is 436 g/mol. The van der Waals surface area contributed by atoms with Crippen LogP contribution in [-0.4, -0.2) is 58.5 Å². The van der Waals surface area contributed by atoms with Crippen molar-refractivity contribution < 1.29 is 14.7 Å². The summed E-state index contributed by atoms with van der Waals surface area (Å²) in [5, 5.41) is 12.7. The highest BCUT2D eigenvalue weighted by Gasteiger charge is 2.33. The van der Waals surface area contributed by atoms with Gasteiger partial charge in [0, 0.05) is 32.7 Å². The van der Waals surface area contributed by atoms with Crippen LogP contribution in [-0.2, 0) is 29.1 Å². The van der Waals surface area contributed by atoms with Crippen molar-refractivity contribution in [1.82, 2.24) is 15.1 Å². The van der Waals surface area contributed by atoms with E-state index in [0.29, 0.717) is 19.5 Å². The predicted octanol–water partition coefficient (Wildman–Crippen LogP) is 2.49. The van der Waals surface area contributed by atoms with Crippen LogP contribution >= 0.6 is 0 Å². The van der Waals surface area contributed by atoms with E-state index < -0.39 is 0 Å². The maximum atomic E-state index is 12.8. The molecule has 2 amide bonds. The van der Waals surface area contributed by atoms with Gasteiger partial charge in [-0.3, -0.25) is 14.5 Å². The molecule has 2 aliphatic heterocycles. The van der Waals surface area contributed by atoms with Crippen molar-refractivity contribution in [1.29, 1.82) is 0 Å². The lowest BCUT2D eigenvalue weighted by molar-refractivity contribution is -0.138. The van der Waals surface area contributed by atoms with E-state index in [1.807, 2.05) is 30.3 Å². The van der Waals surface area contributed by atoms with Crippen LogP contribution in [0.2, 0.25) is 0 Å². The molecule has 32 heavy (non-hydrogen) atoms. The summed E-state index contributed by atoms with van der Waals surface area (Å²) in [5.41, 5.74) is 3.27. The van der Waals surface area contributed by atoms with Gasteiger partial charge in [-0.1, -0.05) is 54.6 Å². The van der Waals surface area contributed by atoms with Crippen molar-refractivity contribution in [2.24, 2.45) is 0 Å². The van der Waals surface area contributed by atoms with E-state index in [1.54, 1.807) is 4.90 Å². The van der Waals surface area contributed by atoms with Crippen LogP contribution in [0.3, 0.4) is 0 Å². The third-order valence-electron chi connectivity index (χ3n) is 6.53. The quantitative estimate of drug-likeness (QED) is 0.701. The molecule has 170 valence electrons. The lowest BCUT2D eigenvalue weighted by Gasteiger charge is -2.29. The lowest BCUT2D eigenvalue weighted by atomic mass is 10.1. The van der Waals surface area contributed by atoms with Crippen molar-refractivity contribution in [2.75, 3.05) is 19.6 Å². The Labute approximate surface area is 190 Å². The molecule has 0 spiro atoms. The van der Waals surface area contributed by atoms with E-state index in [4.69, 9.17) is 0 Å². The molecule has 4 rings (SSSR count). The molecule has 1 unspecified atom stereocenters. The minimum Gasteiger partial charge on any atom is -0.393 e. The molecule has 0 radical (unpaired) electrons. The number of benzene rings is 2. The maximum Gasteiger partial charge on any atom is 0.243 e. The molecular formula is C26H33N3O3. The molecule has 2 saturated heterocycles. The summed E-state index contributed by atoms with van der Waals surface area (Å²) in [6, 6.07) is 17.6. The summed E-state index contributed by atoms with van der Waals surface area (Å²) in [6.07, 6.45) is 3.45. The normalized spacial score (nSPS) is 19.8. The van der Waals surface area contributed by atoms with Crippen molar-refractivity contribution in [3.8, 4) is 0 Å². The molecule has 2 N–H and O–H groups in total. The Kier molecular flexibility index (Phi) is 7.55. The van der Waals surface area contributed by atoms with Crippen LogP contribution < -0.4 is 5.32 Å². The molecule has 6 heteroatoms. The number of aliphatic hydroxyl groups excluding tert-OH is 1. The van der Waals surface area contributed by atoms with E-state index in [2.05, 4.69) is 34.5 Å². The predicted molar refractivity (Wildman–Crippen MR) is 124 cm³/mol. The standard InChI is InChI=1S/C26H33N3O3/c30-23-12-15-28(16-13-23)19-22-10-8-21(9-11-22)18-27-26(32)24-7-4-14-29(24)25(31)17-20-5-2-1-3-6-20/h1-3,5-6,8-11,23-24,30H,4,7,12-19H2,(H,27,32). The molecule has 0 aromatic heterocycles. The van der Waals surface area contributed by atoms with Gasteiger partial charge in [-0.2, -0.15) is 0 Å². The highest BCUT2D eigenvalue weighted by Crippen LogP contribution is 2.19. The van der Waals surface area contributed by atoms with E-state index in [9.17, 15) is 14.7 Å². The first kappa shape index (κ1) is 22.5. The number of likely N-dealkylation sites (tertiary alicyclic amines) is 2. The molecule has 2 fully saturated rings. The minimum absolute atomic E-state index is 0.0171. The number of carbonyl (C=O) groups excluding carboxylic acids is 2. The highest BCUT2D eigenvalue weighted by atomic mass is 16.3. The zero-order chi connectivity index (χ0) is 22.3. The Morgan fingerprint density at radius 1 is 0.875 bits per heavy atom. The van der Waals surface area contributed by atoms with E-state index in [0.717, 1.165) is 56.4 Å². The van der Waals surface area contributed by atoms with Crippen molar-refractivity contribution >= 4 is 11.8 Å². The zero-order valence-electron chi connectivity index (χ0n) is 18.6. The second-order valence-electron chi connectivity index (χ2n) is 8.95. The number of piperidine rings is 1. The van der Waals surface area contributed by atoms with Gasteiger partial charge < -0.3 is 15.3 Å². The number of aliphatic hydroxyl groups is 1. The zero-order valence-corrected chi connectivity index (χ0v) is 18.6. The molecule has 0 aliphatic carbocycles. The minimum atomic E-state index is -0.375. The summed E-state index contributed by atoms with van der Waals surface area (Å²) < 4.78 is 0. The summed E-state index contributed by atoms with van der Waals surface area (Å²) >= 11 is 0. The van der Waals surface area contributed by atoms with Gasteiger partial charge in [0.05, 0.1) is 12.5 Å². The fourth-order valence-corrected chi connectivity index (χ4v) is 4.61. The molecule has 0 saturated carbocycles. The maximum absolute atomic E-state index is 12.8. The van der Waals surface area contributed by atoms with Crippen LogP contribution in [0, 0.1) is 0 Å². The van der Waals surface area contributed by atoms with Gasteiger partial charge >= 0.3 is 0 Å². The van der Waals surface area contributed by atoms with Gasteiger partial charge in [0.15, 0.2) is 0 Å². The summed E-state index contributed by atoms with van der Waals surface area (Å²) in [6.45, 7) is 3.86. The van der Waals surface area contributed by atoms with Crippen LogP contribution in [0.5, 0.6) is 0 Å². The van der Waals surface area contributed by atoms with Crippen LogP contribution in [0.15, 0.2) is 54.6 Å². The molecular weight excluding hydrogens is 402 g/mol. The number of carbonyl (C=O) groups is 2. The number of hydrogen-bond donors (Lipinski definition) is 2. The molecule has 2 aromatic carbocycles. The average Bonchev–Trinajstić information content (AvgIpc) is 3.31. The Balaban J connectivity index is 1.26. The molecule has 2 heterocycles. The summed E-state index contributed by atoms with van der Waals surface area (Å²) in [4.78, 5) is 29.7. The number of nitrogens with zero attached hydrogens (tertiary/aromatic N) is 2. The largest absolute Gasteiger partial charge is 0.393 e. The smallest absolute Gasteiger partial charge is 0.243 e. The van der Waals surface area contributed by atoms with Crippen molar-refractivity contribution in [2.45, 2.75) is 57.3 Å². The molecule has 2 aromatic rings.